The number of rotatable bonds is 3. The highest BCUT2D eigenvalue weighted by atomic mass is 16.2. The zero-order valence-corrected chi connectivity index (χ0v) is 16.0. The predicted octanol–water partition coefficient (Wildman–Crippen LogP) is 1.16. The maximum atomic E-state index is 12.9. The molecule has 0 bridgehead atoms. The van der Waals surface area contributed by atoms with Crippen LogP contribution in [0.15, 0.2) is 29.1 Å². The number of carbonyl (C=O) groups excluding carboxylic acids is 1. The molecule has 2 fully saturated rings. The summed E-state index contributed by atoms with van der Waals surface area (Å²) in [6, 6.07) is 7.89. The van der Waals surface area contributed by atoms with E-state index in [1.165, 1.54) is 12.8 Å². The maximum Gasteiger partial charge on any atom is 0.278 e. The number of para-hydroxylation sites is 1. The Labute approximate surface area is 158 Å². The minimum Gasteiger partial charge on any atom is -0.336 e. The molecule has 27 heavy (non-hydrogen) atoms. The second-order valence-corrected chi connectivity index (χ2v) is 7.83. The first-order valence-electron chi connectivity index (χ1n) is 9.72. The van der Waals surface area contributed by atoms with E-state index in [1.54, 1.807) is 30.1 Å². The third-order valence-electron chi connectivity index (χ3n) is 6.14. The molecule has 2 aliphatic heterocycles. The Kier molecular flexibility index (Phi) is 4.97. The van der Waals surface area contributed by atoms with Crippen LogP contribution in [0, 0.1) is 0 Å². The molecule has 1 amide bonds. The number of likely N-dealkylation sites (tertiary alicyclic amines) is 2. The molecule has 1 unspecified atom stereocenters. The minimum atomic E-state index is -0.300. The second kappa shape index (κ2) is 7.40. The van der Waals surface area contributed by atoms with Crippen molar-refractivity contribution in [3.63, 3.8) is 0 Å². The number of piperidine rings is 1. The lowest BCUT2D eigenvalue weighted by Gasteiger charge is -2.35. The van der Waals surface area contributed by atoms with Gasteiger partial charge < -0.3 is 9.80 Å². The number of hydrogen-bond acceptors (Lipinski definition) is 5. The smallest absolute Gasteiger partial charge is 0.278 e. The van der Waals surface area contributed by atoms with Crippen LogP contribution < -0.4 is 5.43 Å². The Balaban J connectivity index is 1.47. The largest absolute Gasteiger partial charge is 0.336 e. The Bertz CT molecular complexity index is 887. The van der Waals surface area contributed by atoms with Crippen LogP contribution >= 0.6 is 0 Å². The van der Waals surface area contributed by atoms with Gasteiger partial charge in [0.25, 0.3) is 5.91 Å². The number of aromatic amines is 1. The van der Waals surface area contributed by atoms with Crippen LogP contribution in [-0.4, -0.2) is 83.2 Å². The molecule has 144 valence electrons. The summed E-state index contributed by atoms with van der Waals surface area (Å²) in [5, 5.41) is 7.41. The average Bonchev–Trinajstić information content (AvgIpc) is 3.18. The SMILES string of the molecule is CN1CCC(N2CCC(N(C)C(=O)c3n[nH]c4ccccc4c3=O)C2)CC1. The minimum absolute atomic E-state index is 0.0195. The van der Waals surface area contributed by atoms with Crippen LogP contribution in [0.1, 0.15) is 29.8 Å². The number of amides is 1. The van der Waals surface area contributed by atoms with Crippen molar-refractivity contribution in [2.45, 2.75) is 31.3 Å². The summed E-state index contributed by atoms with van der Waals surface area (Å²) in [5.41, 5.74) is 0.330. The van der Waals surface area contributed by atoms with Crippen molar-refractivity contribution in [2.75, 3.05) is 40.3 Å². The molecule has 1 aromatic heterocycles. The van der Waals surface area contributed by atoms with Gasteiger partial charge >= 0.3 is 0 Å². The zero-order valence-electron chi connectivity index (χ0n) is 16.0. The molecular weight excluding hydrogens is 342 g/mol. The summed E-state index contributed by atoms with van der Waals surface area (Å²) in [7, 11) is 3.96. The van der Waals surface area contributed by atoms with E-state index in [0.29, 0.717) is 16.9 Å². The summed E-state index contributed by atoms with van der Waals surface area (Å²) >= 11 is 0. The molecule has 3 heterocycles. The molecule has 0 radical (unpaired) electrons. The lowest BCUT2D eigenvalue weighted by molar-refractivity contribution is 0.0713. The van der Waals surface area contributed by atoms with Crippen molar-refractivity contribution >= 4 is 16.8 Å². The Hall–Kier alpha value is -2.25. The quantitative estimate of drug-likeness (QED) is 0.879. The first-order chi connectivity index (χ1) is 13.0. The van der Waals surface area contributed by atoms with Crippen molar-refractivity contribution < 1.29 is 4.79 Å². The van der Waals surface area contributed by atoms with E-state index in [2.05, 4.69) is 27.0 Å². The molecule has 0 aliphatic carbocycles. The fourth-order valence-corrected chi connectivity index (χ4v) is 4.33. The van der Waals surface area contributed by atoms with Crippen molar-refractivity contribution in [1.29, 1.82) is 0 Å². The van der Waals surface area contributed by atoms with E-state index in [1.807, 2.05) is 6.07 Å². The molecule has 4 rings (SSSR count). The van der Waals surface area contributed by atoms with E-state index < -0.39 is 0 Å². The number of aromatic nitrogens is 2. The van der Waals surface area contributed by atoms with E-state index >= 15 is 0 Å². The van der Waals surface area contributed by atoms with Crippen molar-refractivity contribution in [2.24, 2.45) is 0 Å². The van der Waals surface area contributed by atoms with Gasteiger partial charge in [-0.25, -0.2) is 0 Å². The average molecular weight is 369 g/mol. The summed E-state index contributed by atoms with van der Waals surface area (Å²) < 4.78 is 0. The van der Waals surface area contributed by atoms with E-state index in [-0.39, 0.29) is 23.1 Å². The number of likely N-dealkylation sites (N-methyl/N-ethyl adjacent to an activating group) is 1. The van der Waals surface area contributed by atoms with Crippen LogP contribution in [0.25, 0.3) is 10.9 Å². The lowest BCUT2D eigenvalue weighted by Crippen LogP contribution is -2.45. The van der Waals surface area contributed by atoms with E-state index in [9.17, 15) is 9.59 Å². The molecule has 2 aliphatic rings. The summed E-state index contributed by atoms with van der Waals surface area (Å²) in [6.45, 7) is 4.16. The third kappa shape index (κ3) is 3.49. The maximum absolute atomic E-state index is 12.9. The molecule has 0 spiro atoms. The number of nitrogens with one attached hydrogen (secondary N) is 1. The van der Waals surface area contributed by atoms with Gasteiger partial charge in [0.05, 0.1) is 5.52 Å². The highest BCUT2D eigenvalue weighted by molar-refractivity contribution is 5.95. The van der Waals surface area contributed by atoms with Crippen LogP contribution in [0.4, 0.5) is 0 Å². The van der Waals surface area contributed by atoms with Crippen LogP contribution in [0.5, 0.6) is 0 Å². The number of hydrogen-bond donors (Lipinski definition) is 1. The van der Waals surface area contributed by atoms with Gasteiger partial charge in [-0.1, -0.05) is 12.1 Å². The number of fused-ring (bicyclic) bond motifs is 1. The highest BCUT2D eigenvalue weighted by Crippen LogP contribution is 2.23. The molecule has 1 N–H and O–H groups in total. The number of H-pyrrole nitrogens is 1. The Morgan fingerprint density at radius 2 is 1.93 bits per heavy atom. The topological polar surface area (TPSA) is 72.5 Å². The fourth-order valence-electron chi connectivity index (χ4n) is 4.33. The monoisotopic (exact) mass is 369 g/mol. The Morgan fingerprint density at radius 1 is 1.19 bits per heavy atom. The standard InChI is InChI=1S/C20H27N5O2/c1-23-10-7-14(8-11-23)25-12-9-15(13-25)24(2)20(27)18-19(26)16-5-3-4-6-17(16)21-22-18/h3-6,14-15H,7-13H2,1-2H3,(H,21,26). The fraction of sp³-hybridized carbons (Fsp3) is 0.550. The lowest BCUT2D eigenvalue weighted by atomic mass is 10.0. The molecule has 1 atom stereocenters. The van der Waals surface area contributed by atoms with Gasteiger partial charge in [0.2, 0.25) is 5.43 Å². The highest BCUT2D eigenvalue weighted by Gasteiger charge is 2.34. The van der Waals surface area contributed by atoms with Gasteiger partial charge in [-0.2, -0.15) is 5.10 Å². The predicted molar refractivity (Wildman–Crippen MR) is 105 cm³/mol. The summed E-state index contributed by atoms with van der Waals surface area (Å²) in [6.07, 6.45) is 3.32. The van der Waals surface area contributed by atoms with Crippen molar-refractivity contribution in [1.82, 2.24) is 24.9 Å². The van der Waals surface area contributed by atoms with E-state index in [0.717, 1.165) is 32.6 Å². The molecule has 7 heteroatoms. The van der Waals surface area contributed by atoms with Gasteiger partial charge in [0, 0.05) is 37.6 Å². The van der Waals surface area contributed by atoms with Crippen molar-refractivity contribution in [3.8, 4) is 0 Å². The third-order valence-corrected chi connectivity index (χ3v) is 6.14. The number of nitrogens with zero attached hydrogens (tertiary/aromatic N) is 4. The van der Waals surface area contributed by atoms with Gasteiger partial charge in [0.15, 0.2) is 5.69 Å². The molecule has 0 saturated carbocycles. The molecule has 1 aromatic carbocycles. The molecule has 2 saturated heterocycles. The van der Waals surface area contributed by atoms with Crippen LogP contribution in [0.3, 0.4) is 0 Å². The number of benzene rings is 1. The first-order valence-corrected chi connectivity index (χ1v) is 9.72. The van der Waals surface area contributed by atoms with E-state index in [4.69, 9.17) is 0 Å². The summed E-state index contributed by atoms with van der Waals surface area (Å²) in [5.74, 6) is -0.294. The number of carbonyl (C=O) groups is 1. The normalized spacial score (nSPS) is 22.4. The van der Waals surface area contributed by atoms with Crippen LogP contribution in [-0.2, 0) is 0 Å². The first kappa shape index (κ1) is 18.1. The van der Waals surface area contributed by atoms with Crippen LogP contribution in [0.2, 0.25) is 0 Å². The van der Waals surface area contributed by atoms with Gasteiger partial charge in [-0.05, 0) is 51.5 Å². The van der Waals surface area contributed by atoms with Gasteiger partial charge in [0.1, 0.15) is 0 Å². The molecule has 2 aromatic rings. The zero-order chi connectivity index (χ0) is 19.0. The van der Waals surface area contributed by atoms with Gasteiger partial charge in [-0.15, -0.1) is 0 Å². The molecule has 7 nitrogen and oxygen atoms in total. The van der Waals surface area contributed by atoms with Gasteiger partial charge in [-0.3, -0.25) is 19.6 Å². The van der Waals surface area contributed by atoms with Crippen molar-refractivity contribution in [3.05, 3.63) is 40.2 Å². The second-order valence-electron chi connectivity index (χ2n) is 7.83. The summed E-state index contributed by atoms with van der Waals surface area (Å²) in [4.78, 5) is 32.2. The molecular formula is C20H27N5O2. The Morgan fingerprint density at radius 3 is 2.70 bits per heavy atom.